The number of aromatic nitrogens is 3. The number of hydrogen-bond acceptors (Lipinski definition) is 6. The van der Waals surface area contributed by atoms with Gasteiger partial charge in [0.25, 0.3) is 5.91 Å². The zero-order valence-corrected chi connectivity index (χ0v) is 12.9. The van der Waals surface area contributed by atoms with E-state index in [1.165, 1.54) is 24.2 Å². The quantitative estimate of drug-likeness (QED) is 0.841. The molecule has 0 unspecified atom stereocenters. The van der Waals surface area contributed by atoms with Crippen molar-refractivity contribution in [2.24, 2.45) is 0 Å². The van der Waals surface area contributed by atoms with Crippen LogP contribution >= 0.6 is 0 Å². The Bertz CT molecular complexity index is 764. The number of anilines is 1. The third-order valence-corrected chi connectivity index (χ3v) is 3.95. The van der Waals surface area contributed by atoms with Crippen LogP contribution in [0.5, 0.6) is 0 Å². The van der Waals surface area contributed by atoms with Crippen molar-refractivity contribution < 1.29 is 14.3 Å². The van der Waals surface area contributed by atoms with Gasteiger partial charge in [0.05, 0.1) is 36.8 Å². The highest BCUT2D eigenvalue weighted by Crippen LogP contribution is 2.23. The predicted molar refractivity (Wildman–Crippen MR) is 81.9 cm³/mol. The van der Waals surface area contributed by atoms with Gasteiger partial charge in [-0.2, -0.15) is 5.10 Å². The number of carbonyl (C=O) groups excluding carboxylic acids is 2. The van der Waals surface area contributed by atoms with E-state index < -0.39 is 0 Å². The number of nitrogens with zero attached hydrogens (tertiary/aromatic N) is 4. The summed E-state index contributed by atoms with van der Waals surface area (Å²) >= 11 is 0. The van der Waals surface area contributed by atoms with Crippen LogP contribution < -0.4 is 5.73 Å². The maximum atomic E-state index is 12.7. The van der Waals surface area contributed by atoms with Crippen LogP contribution in [0, 0.1) is 6.92 Å². The van der Waals surface area contributed by atoms with E-state index in [9.17, 15) is 9.59 Å². The summed E-state index contributed by atoms with van der Waals surface area (Å²) in [6, 6.07) is 0. The Morgan fingerprint density at radius 2 is 2.13 bits per heavy atom. The van der Waals surface area contributed by atoms with Crippen molar-refractivity contribution in [3.63, 3.8) is 0 Å². The number of carbonyl (C=O) groups is 2. The largest absolute Gasteiger partial charge is 0.453 e. The van der Waals surface area contributed by atoms with Gasteiger partial charge in [-0.3, -0.25) is 9.78 Å². The van der Waals surface area contributed by atoms with Crippen LogP contribution in [0.4, 0.5) is 10.5 Å². The van der Waals surface area contributed by atoms with E-state index in [1.807, 2.05) is 0 Å². The number of hydrogen-bond donors (Lipinski definition) is 1. The summed E-state index contributed by atoms with van der Waals surface area (Å²) < 4.78 is 5.97. The molecule has 0 atom stereocenters. The summed E-state index contributed by atoms with van der Waals surface area (Å²) in [5.74, 6) is -0.277. The van der Waals surface area contributed by atoms with E-state index in [0.29, 0.717) is 36.5 Å². The molecule has 1 aliphatic heterocycles. The summed E-state index contributed by atoms with van der Waals surface area (Å²) in [5, 5.41) is 4.12. The molecule has 2 aromatic rings. The van der Waals surface area contributed by atoms with Gasteiger partial charge >= 0.3 is 6.09 Å². The van der Waals surface area contributed by atoms with Gasteiger partial charge in [0.15, 0.2) is 0 Å². The standard InChI is InChI=1S/C15H17N5O3/c1-9-13(16)8-20(18-9)14(21)12-6-17-5-10-7-19(15(22)23-2)4-3-11(10)12/h5-6,8H,3-4,7,16H2,1-2H3. The molecular formula is C15H17N5O3. The van der Waals surface area contributed by atoms with Gasteiger partial charge in [0.2, 0.25) is 0 Å². The highest BCUT2D eigenvalue weighted by molar-refractivity contribution is 5.97. The third-order valence-electron chi connectivity index (χ3n) is 3.95. The van der Waals surface area contributed by atoms with E-state index in [4.69, 9.17) is 10.5 Å². The lowest BCUT2D eigenvalue weighted by molar-refractivity contribution is 0.0942. The molecule has 0 spiro atoms. The van der Waals surface area contributed by atoms with Crippen molar-refractivity contribution in [2.75, 3.05) is 19.4 Å². The normalized spacial score (nSPS) is 13.6. The van der Waals surface area contributed by atoms with Crippen molar-refractivity contribution >= 4 is 17.7 Å². The smallest absolute Gasteiger partial charge is 0.409 e. The second-order valence-corrected chi connectivity index (χ2v) is 5.39. The molecule has 0 radical (unpaired) electrons. The lowest BCUT2D eigenvalue weighted by Crippen LogP contribution is -2.36. The fourth-order valence-corrected chi connectivity index (χ4v) is 2.66. The van der Waals surface area contributed by atoms with Crippen LogP contribution in [0.3, 0.4) is 0 Å². The van der Waals surface area contributed by atoms with Crippen LogP contribution in [-0.4, -0.2) is 45.3 Å². The highest BCUT2D eigenvalue weighted by Gasteiger charge is 2.26. The first kappa shape index (κ1) is 15.0. The average Bonchev–Trinajstić information content (AvgIpc) is 2.91. The monoisotopic (exact) mass is 315 g/mol. The number of pyridine rings is 1. The molecule has 3 heterocycles. The van der Waals surface area contributed by atoms with Gasteiger partial charge in [-0.15, -0.1) is 0 Å². The Morgan fingerprint density at radius 3 is 2.78 bits per heavy atom. The van der Waals surface area contributed by atoms with Crippen molar-refractivity contribution in [2.45, 2.75) is 19.9 Å². The van der Waals surface area contributed by atoms with Gasteiger partial charge < -0.3 is 15.4 Å². The predicted octanol–water partition coefficient (Wildman–Crippen LogP) is 0.982. The van der Waals surface area contributed by atoms with Gasteiger partial charge in [-0.25, -0.2) is 9.48 Å². The second kappa shape index (κ2) is 5.71. The molecule has 0 bridgehead atoms. The van der Waals surface area contributed by atoms with Crippen molar-refractivity contribution in [1.82, 2.24) is 19.7 Å². The van der Waals surface area contributed by atoms with E-state index >= 15 is 0 Å². The number of methoxy groups -OCH3 is 1. The number of fused-ring (bicyclic) bond motifs is 1. The number of rotatable bonds is 1. The molecule has 2 N–H and O–H groups in total. The molecule has 0 saturated heterocycles. The number of nitrogens with two attached hydrogens (primary N) is 1. The first-order valence-electron chi connectivity index (χ1n) is 7.16. The molecule has 1 aliphatic rings. The zero-order chi connectivity index (χ0) is 16.6. The lowest BCUT2D eigenvalue weighted by atomic mass is 9.97. The first-order valence-corrected chi connectivity index (χ1v) is 7.16. The SMILES string of the molecule is COC(=O)N1CCc2c(cncc2C(=O)n2cc(N)c(C)n2)C1. The number of ether oxygens (including phenoxy) is 1. The molecule has 0 aromatic carbocycles. The number of aryl methyl sites for hydroxylation is 1. The van der Waals surface area contributed by atoms with E-state index in [2.05, 4.69) is 10.1 Å². The summed E-state index contributed by atoms with van der Waals surface area (Å²) in [6.07, 6.45) is 4.87. The molecule has 8 nitrogen and oxygen atoms in total. The highest BCUT2D eigenvalue weighted by atomic mass is 16.5. The van der Waals surface area contributed by atoms with Gasteiger partial charge in [0.1, 0.15) is 0 Å². The Kier molecular flexibility index (Phi) is 3.73. The summed E-state index contributed by atoms with van der Waals surface area (Å²) in [4.78, 5) is 30.0. The van der Waals surface area contributed by atoms with Crippen LogP contribution in [-0.2, 0) is 17.7 Å². The first-order chi connectivity index (χ1) is 11.0. The molecule has 2 aromatic heterocycles. The van der Waals surface area contributed by atoms with Crippen molar-refractivity contribution in [3.8, 4) is 0 Å². The molecule has 120 valence electrons. The summed E-state index contributed by atoms with van der Waals surface area (Å²) in [6.45, 7) is 2.60. The van der Waals surface area contributed by atoms with Crippen LogP contribution in [0.15, 0.2) is 18.6 Å². The lowest BCUT2D eigenvalue weighted by Gasteiger charge is -2.28. The summed E-state index contributed by atoms with van der Waals surface area (Å²) in [7, 11) is 1.35. The maximum absolute atomic E-state index is 12.7. The molecule has 8 heteroatoms. The molecule has 3 rings (SSSR count). The fourth-order valence-electron chi connectivity index (χ4n) is 2.66. The van der Waals surface area contributed by atoms with Crippen LogP contribution in [0.2, 0.25) is 0 Å². The fraction of sp³-hybridized carbons (Fsp3) is 0.333. The molecule has 0 fully saturated rings. The average molecular weight is 315 g/mol. The number of nitrogen functional groups attached to an aromatic ring is 1. The maximum Gasteiger partial charge on any atom is 0.409 e. The Morgan fingerprint density at radius 1 is 1.35 bits per heavy atom. The number of amides is 1. The van der Waals surface area contributed by atoms with Gasteiger partial charge in [-0.05, 0) is 24.5 Å². The third kappa shape index (κ3) is 2.63. The molecule has 0 aliphatic carbocycles. The van der Waals surface area contributed by atoms with Gasteiger partial charge in [0, 0.05) is 18.9 Å². The Labute approximate surface area is 132 Å². The second-order valence-electron chi connectivity index (χ2n) is 5.39. The molecule has 1 amide bonds. The minimum atomic E-state index is -0.386. The van der Waals surface area contributed by atoms with E-state index in [1.54, 1.807) is 18.0 Å². The minimum Gasteiger partial charge on any atom is -0.453 e. The Balaban J connectivity index is 1.94. The summed E-state index contributed by atoms with van der Waals surface area (Å²) in [5.41, 5.74) is 9.03. The Hall–Kier alpha value is -2.90. The topological polar surface area (TPSA) is 103 Å². The van der Waals surface area contributed by atoms with E-state index in [0.717, 1.165) is 11.1 Å². The zero-order valence-electron chi connectivity index (χ0n) is 12.9. The molecule has 23 heavy (non-hydrogen) atoms. The van der Waals surface area contributed by atoms with Gasteiger partial charge in [-0.1, -0.05) is 0 Å². The van der Waals surface area contributed by atoms with Crippen LogP contribution in [0.1, 0.15) is 27.2 Å². The van der Waals surface area contributed by atoms with Crippen molar-refractivity contribution in [1.29, 1.82) is 0 Å². The molecular weight excluding hydrogens is 298 g/mol. The minimum absolute atomic E-state index is 0.277. The van der Waals surface area contributed by atoms with Crippen molar-refractivity contribution in [3.05, 3.63) is 41.0 Å². The van der Waals surface area contributed by atoms with E-state index in [-0.39, 0.29) is 12.0 Å². The molecule has 0 saturated carbocycles. The van der Waals surface area contributed by atoms with Crippen LogP contribution in [0.25, 0.3) is 0 Å².